The molecule has 0 bridgehead atoms. The molecular weight excluding hydrogens is 559 g/mol. The second-order valence-corrected chi connectivity index (χ2v) is 11.4. The molecule has 0 unspecified atom stereocenters. The Hall–Kier alpha value is -4.57. The molecule has 0 saturated carbocycles. The Kier molecular flexibility index (Phi) is 9.69. The molecule has 1 aliphatic heterocycles. The number of para-hydroxylation sites is 1. The SMILES string of the molecule is CCOc1ccc(CN(C)C)cc1NC(=O)[C@H](NC(=O)N1CCN(c2cccc(F)c2)CC1)[C@H](C)c1c[nH]c2ccccc12. The van der Waals surface area contributed by atoms with Crippen molar-refractivity contribution in [1.29, 1.82) is 0 Å². The molecule has 1 fully saturated rings. The zero-order chi connectivity index (χ0) is 31.2. The van der Waals surface area contributed by atoms with Crippen molar-refractivity contribution in [3.8, 4) is 5.75 Å². The van der Waals surface area contributed by atoms with Crippen molar-refractivity contribution in [3.63, 3.8) is 0 Å². The van der Waals surface area contributed by atoms with Gasteiger partial charge in [0.1, 0.15) is 17.6 Å². The first kappa shape index (κ1) is 30.9. The molecule has 44 heavy (non-hydrogen) atoms. The highest BCUT2D eigenvalue weighted by atomic mass is 19.1. The molecule has 1 aliphatic rings. The third-order valence-corrected chi connectivity index (χ3v) is 8.01. The predicted octanol–water partition coefficient (Wildman–Crippen LogP) is 5.41. The van der Waals surface area contributed by atoms with Gasteiger partial charge in [-0.05, 0) is 68.5 Å². The first-order valence-electron chi connectivity index (χ1n) is 15.1. The Morgan fingerprint density at radius 1 is 1.02 bits per heavy atom. The van der Waals surface area contributed by atoms with E-state index < -0.39 is 6.04 Å². The maximum absolute atomic E-state index is 14.1. The lowest BCUT2D eigenvalue weighted by Gasteiger charge is -2.37. The van der Waals surface area contributed by atoms with Gasteiger partial charge in [-0.25, -0.2) is 9.18 Å². The van der Waals surface area contributed by atoms with Gasteiger partial charge in [0.05, 0.1) is 12.3 Å². The summed E-state index contributed by atoms with van der Waals surface area (Å²) in [6, 6.07) is 19.0. The molecule has 2 atom stereocenters. The number of nitrogens with one attached hydrogen (secondary N) is 3. The molecule has 1 aromatic heterocycles. The molecule has 0 spiro atoms. The Balaban J connectivity index is 1.38. The largest absolute Gasteiger partial charge is 0.492 e. The van der Waals surface area contributed by atoms with Gasteiger partial charge >= 0.3 is 6.03 Å². The maximum atomic E-state index is 14.1. The van der Waals surface area contributed by atoms with Crippen LogP contribution in [0.1, 0.15) is 30.9 Å². The van der Waals surface area contributed by atoms with Gasteiger partial charge in [-0.15, -0.1) is 0 Å². The molecule has 3 amide bonds. The third kappa shape index (κ3) is 7.14. The summed E-state index contributed by atoms with van der Waals surface area (Å²) in [6.07, 6.45) is 1.91. The summed E-state index contributed by atoms with van der Waals surface area (Å²) < 4.78 is 19.6. The monoisotopic (exact) mass is 600 g/mol. The molecular formula is C34H41FN6O3. The smallest absolute Gasteiger partial charge is 0.318 e. The van der Waals surface area contributed by atoms with Crippen molar-refractivity contribution in [1.82, 2.24) is 20.1 Å². The lowest BCUT2D eigenvalue weighted by molar-refractivity contribution is -0.118. The molecule has 0 radical (unpaired) electrons. The summed E-state index contributed by atoms with van der Waals surface area (Å²) in [4.78, 5) is 36.9. The fourth-order valence-corrected chi connectivity index (χ4v) is 5.76. The van der Waals surface area contributed by atoms with Crippen molar-refractivity contribution < 1.29 is 18.7 Å². The minimum absolute atomic E-state index is 0.289. The van der Waals surface area contributed by atoms with Gasteiger partial charge in [-0.1, -0.05) is 37.3 Å². The van der Waals surface area contributed by atoms with E-state index in [1.165, 1.54) is 12.1 Å². The van der Waals surface area contributed by atoms with Gasteiger partial charge in [0.15, 0.2) is 0 Å². The number of ether oxygens (including phenoxy) is 1. The summed E-state index contributed by atoms with van der Waals surface area (Å²) in [7, 11) is 3.97. The van der Waals surface area contributed by atoms with E-state index in [1.807, 2.05) is 82.7 Å². The number of rotatable bonds is 10. The van der Waals surface area contributed by atoms with Gasteiger partial charge in [-0.2, -0.15) is 0 Å². The Morgan fingerprint density at radius 2 is 1.80 bits per heavy atom. The van der Waals surface area contributed by atoms with E-state index in [0.29, 0.717) is 50.8 Å². The van der Waals surface area contributed by atoms with Gasteiger partial charge in [-0.3, -0.25) is 4.79 Å². The molecule has 5 rings (SSSR count). The second-order valence-electron chi connectivity index (χ2n) is 11.4. The van der Waals surface area contributed by atoms with E-state index in [-0.39, 0.29) is 23.7 Å². The Morgan fingerprint density at radius 3 is 2.52 bits per heavy atom. The van der Waals surface area contributed by atoms with E-state index in [0.717, 1.165) is 27.7 Å². The quantitative estimate of drug-likeness (QED) is 0.226. The van der Waals surface area contributed by atoms with Crippen LogP contribution in [-0.2, 0) is 11.3 Å². The summed E-state index contributed by atoms with van der Waals surface area (Å²) in [5, 5.41) is 7.13. The number of piperazine rings is 1. The molecule has 232 valence electrons. The first-order valence-corrected chi connectivity index (χ1v) is 15.1. The molecule has 2 heterocycles. The van der Waals surface area contributed by atoms with Crippen molar-refractivity contribution >= 4 is 34.2 Å². The van der Waals surface area contributed by atoms with Gasteiger partial charge < -0.3 is 35.1 Å². The van der Waals surface area contributed by atoms with Gasteiger partial charge in [0.25, 0.3) is 0 Å². The second kappa shape index (κ2) is 13.8. The number of carbonyl (C=O) groups is 2. The number of halogens is 1. The maximum Gasteiger partial charge on any atom is 0.318 e. The number of hydrogen-bond donors (Lipinski definition) is 3. The first-order chi connectivity index (χ1) is 21.2. The predicted molar refractivity (Wildman–Crippen MR) is 173 cm³/mol. The van der Waals surface area contributed by atoms with Crippen LogP contribution in [0.2, 0.25) is 0 Å². The number of fused-ring (bicyclic) bond motifs is 1. The zero-order valence-corrected chi connectivity index (χ0v) is 25.8. The number of hydrogen-bond acceptors (Lipinski definition) is 5. The normalized spacial score (nSPS) is 14.9. The van der Waals surface area contributed by atoms with Crippen LogP contribution in [0.3, 0.4) is 0 Å². The highest BCUT2D eigenvalue weighted by Gasteiger charge is 2.32. The highest BCUT2D eigenvalue weighted by Crippen LogP contribution is 2.31. The Labute approximate surface area is 258 Å². The molecule has 0 aliphatic carbocycles. The highest BCUT2D eigenvalue weighted by molar-refractivity contribution is 5.99. The van der Waals surface area contributed by atoms with Crippen molar-refractivity contribution in [2.75, 3.05) is 57.1 Å². The van der Waals surface area contributed by atoms with E-state index in [2.05, 4.69) is 25.4 Å². The number of H-pyrrole nitrogens is 1. The number of benzene rings is 3. The number of nitrogens with zero attached hydrogens (tertiary/aromatic N) is 3. The van der Waals surface area contributed by atoms with Crippen LogP contribution in [0.25, 0.3) is 10.9 Å². The minimum Gasteiger partial charge on any atom is -0.492 e. The molecule has 3 N–H and O–H groups in total. The van der Waals surface area contributed by atoms with E-state index in [4.69, 9.17) is 4.74 Å². The van der Waals surface area contributed by atoms with Crippen LogP contribution in [0.15, 0.2) is 72.9 Å². The van der Waals surface area contributed by atoms with Gasteiger partial charge in [0.2, 0.25) is 5.91 Å². The van der Waals surface area contributed by atoms with Crippen LogP contribution >= 0.6 is 0 Å². The Bertz CT molecular complexity index is 1600. The summed E-state index contributed by atoms with van der Waals surface area (Å²) >= 11 is 0. The number of carbonyl (C=O) groups excluding carboxylic acids is 2. The topological polar surface area (TPSA) is 92.9 Å². The molecule has 10 heteroatoms. The number of aromatic amines is 1. The van der Waals surface area contributed by atoms with Crippen molar-refractivity contribution in [3.05, 3.63) is 89.9 Å². The third-order valence-electron chi connectivity index (χ3n) is 8.01. The minimum atomic E-state index is -0.880. The molecule has 4 aromatic rings. The number of aromatic nitrogens is 1. The van der Waals surface area contributed by atoms with Crippen molar-refractivity contribution in [2.45, 2.75) is 32.4 Å². The lowest BCUT2D eigenvalue weighted by Crippen LogP contribution is -2.56. The lowest BCUT2D eigenvalue weighted by atomic mass is 9.92. The fraction of sp³-hybridized carbons (Fsp3) is 0.353. The van der Waals surface area contributed by atoms with Crippen LogP contribution in [0.4, 0.5) is 20.6 Å². The summed E-state index contributed by atoms with van der Waals surface area (Å²) in [5.74, 6) is -0.411. The molecule has 1 saturated heterocycles. The standard InChI is InChI=1S/C34H41FN6O3/c1-5-44-31-14-13-24(22-39(3)4)19-30(31)37-33(42)32(23(2)28-21-36-29-12-7-6-11-27(28)29)38-34(43)41-17-15-40(16-18-41)26-10-8-9-25(35)20-26/h6-14,19-21,23,32,36H,5,15-18,22H2,1-4H3,(H,37,42)(H,38,43)/t23-,32-/m1/s1. The van der Waals surface area contributed by atoms with Crippen LogP contribution in [-0.4, -0.2) is 79.6 Å². The molecule has 3 aromatic carbocycles. The zero-order valence-electron chi connectivity index (χ0n) is 25.8. The van der Waals surface area contributed by atoms with E-state index >= 15 is 0 Å². The van der Waals surface area contributed by atoms with Gasteiger partial charge in [0, 0.05) is 61.4 Å². The van der Waals surface area contributed by atoms with Crippen LogP contribution in [0.5, 0.6) is 5.75 Å². The number of amides is 3. The van der Waals surface area contributed by atoms with E-state index in [1.54, 1.807) is 11.0 Å². The van der Waals surface area contributed by atoms with Crippen LogP contribution in [0, 0.1) is 5.82 Å². The number of anilines is 2. The molecule has 9 nitrogen and oxygen atoms in total. The number of urea groups is 1. The summed E-state index contributed by atoms with van der Waals surface area (Å²) in [6.45, 7) is 7.00. The average Bonchev–Trinajstić information content (AvgIpc) is 3.45. The average molecular weight is 601 g/mol. The van der Waals surface area contributed by atoms with Crippen LogP contribution < -0.4 is 20.3 Å². The fourth-order valence-electron chi connectivity index (χ4n) is 5.76. The van der Waals surface area contributed by atoms with Crippen molar-refractivity contribution in [2.24, 2.45) is 0 Å². The van der Waals surface area contributed by atoms with E-state index in [9.17, 15) is 14.0 Å². The summed E-state index contributed by atoms with van der Waals surface area (Å²) in [5.41, 5.74) is 4.27.